The minimum absolute atomic E-state index is 0. The fraction of sp³-hybridized carbons (Fsp3) is 0.929. The number of nitrogens with two attached hydrogens (primary N) is 1. The van der Waals surface area contributed by atoms with Gasteiger partial charge in [0.2, 0.25) is 5.91 Å². The molecular formula is C14H28ClN3O2. The van der Waals surface area contributed by atoms with Gasteiger partial charge in [0.15, 0.2) is 0 Å². The molecule has 1 unspecified atom stereocenters. The summed E-state index contributed by atoms with van der Waals surface area (Å²) in [6.45, 7) is 10.1. The van der Waals surface area contributed by atoms with Crippen LogP contribution in [0.15, 0.2) is 0 Å². The third-order valence-electron chi connectivity index (χ3n) is 4.40. The van der Waals surface area contributed by atoms with Crippen molar-refractivity contribution in [3.05, 3.63) is 0 Å². The van der Waals surface area contributed by atoms with E-state index in [-0.39, 0.29) is 29.8 Å². The average Bonchev–Trinajstić information content (AvgIpc) is 2.40. The Balaban J connectivity index is 0.00000200. The van der Waals surface area contributed by atoms with Crippen molar-refractivity contribution in [2.24, 2.45) is 11.1 Å². The molecule has 0 aromatic carbocycles. The number of halogens is 1. The van der Waals surface area contributed by atoms with Crippen LogP contribution in [0.25, 0.3) is 0 Å². The summed E-state index contributed by atoms with van der Waals surface area (Å²) in [7, 11) is 0. The van der Waals surface area contributed by atoms with Crippen LogP contribution in [-0.2, 0) is 9.53 Å². The van der Waals surface area contributed by atoms with E-state index in [0.717, 1.165) is 39.1 Å². The van der Waals surface area contributed by atoms with Crippen LogP contribution in [0.5, 0.6) is 0 Å². The summed E-state index contributed by atoms with van der Waals surface area (Å²) in [5, 5.41) is 0. The van der Waals surface area contributed by atoms with Gasteiger partial charge in [0, 0.05) is 38.6 Å². The molecule has 20 heavy (non-hydrogen) atoms. The summed E-state index contributed by atoms with van der Waals surface area (Å²) in [5.74, 6) is 0.260. The molecule has 1 atom stereocenters. The predicted octanol–water partition coefficient (Wildman–Crippen LogP) is 0.716. The van der Waals surface area contributed by atoms with Crippen LogP contribution in [0.4, 0.5) is 0 Å². The number of carbonyl (C=O) groups is 1. The molecule has 118 valence electrons. The van der Waals surface area contributed by atoms with Gasteiger partial charge in [-0.1, -0.05) is 13.8 Å². The number of hydrogen-bond donors (Lipinski definition) is 1. The van der Waals surface area contributed by atoms with Crippen LogP contribution in [0.1, 0.15) is 26.7 Å². The fourth-order valence-corrected chi connectivity index (χ4v) is 2.90. The first kappa shape index (κ1) is 17.7. The first-order valence-corrected chi connectivity index (χ1v) is 7.32. The lowest BCUT2D eigenvalue weighted by molar-refractivity contribution is -0.135. The van der Waals surface area contributed by atoms with Crippen LogP contribution < -0.4 is 5.73 Å². The number of morpholine rings is 1. The zero-order valence-electron chi connectivity index (χ0n) is 12.6. The van der Waals surface area contributed by atoms with Gasteiger partial charge in [-0.2, -0.15) is 0 Å². The minimum atomic E-state index is 0. The summed E-state index contributed by atoms with van der Waals surface area (Å²) in [5.41, 5.74) is 6.28. The molecule has 2 fully saturated rings. The number of amides is 1. The van der Waals surface area contributed by atoms with Crippen LogP contribution >= 0.6 is 12.4 Å². The SMILES string of the molecule is CC1(C)CN(CCC(=O)N2CCOCC2)CCC1N.Cl. The quantitative estimate of drug-likeness (QED) is 0.834. The van der Waals surface area contributed by atoms with E-state index in [4.69, 9.17) is 10.5 Å². The van der Waals surface area contributed by atoms with E-state index in [1.54, 1.807) is 0 Å². The maximum Gasteiger partial charge on any atom is 0.224 e. The first-order valence-electron chi connectivity index (χ1n) is 7.32. The predicted molar refractivity (Wildman–Crippen MR) is 82.1 cm³/mol. The molecule has 6 heteroatoms. The van der Waals surface area contributed by atoms with E-state index in [0.29, 0.717) is 19.6 Å². The van der Waals surface area contributed by atoms with Gasteiger partial charge in [-0.25, -0.2) is 0 Å². The molecule has 2 heterocycles. The van der Waals surface area contributed by atoms with Gasteiger partial charge in [-0.05, 0) is 18.4 Å². The van der Waals surface area contributed by atoms with Crippen LogP contribution in [0.3, 0.4) is 0 Å². The second-order valence-electron chi connectivity index (χ2n) is 6.40. The van der Waals surface area contributed by atoms with E-state index in [1.807, 2.05) is 4.90 Å². The summed E-state index contributed by atoms with van der Waals surface area (Å²) in [4.78, 5) is 16.4. The molecule has 2 rings (SSSR count). The standard InChI is InChI=1S/C14H27N3O2.ClH/c1-14(2)11-16(5-3-12(14)15)6-4-13(18)17-7-9-19-10-8-17;/h12H,3-11,15H2,1-2H3;1H. The molecule has 0 spiro atoms. The Morgan fingerprint density at radius 3 is 2.55 bits per heavy atom. The Bertz CT molecular complexity index is 320. The summed E-state index contributed by atoms with van der Waals surface area (Å²) < 4.78 is 5.27. The molecule has 0 aromatic rings. The zero-order chi connectivity index (χ0) is 13.9. The summed E-state index contributed by atoms with van der Waals surface area (Å²) in [6.07, 6.45) is 1.64. The number of hydrogen-bond acceptors (Lipinski definition) is 4. The Morgan fingerprint density at radius 2 is 1.95 bits per heavy atom. The first-order chi connectivity index (χ1) is 8.99. The van der Waals surface area contributed by atoms with E-state index >= 15 is 0 Å². The minimum Gasteiger partial charge on any atom is -0.378 e. The molecule has 2 aliphatic heterocycles. The van der Waals surface area contributed by atoms with Gasteiger partial charge in [0.25, 0.3) is 0 Å². The normalized spacial score (nSPS) is 26.9. The highest BCUT2D eigenvalue weighted by molar-refractivity contribution is 5.85. The van der Waals surface area contributed by atoms with E-state index < -0.39 is 0 Å². The molecule has 5 nitrogen and oxygen atoms in total. The van der Waals surface area contributed by atoms with Crippen LogP contribution in [-0.4, -0.2) is 67.7 Å². The second-order valence-corrected chi connectivity index (χ2v) is 6.40. The molecule has 2 saturated heterocycles. The van der Waals surface area contributed by atoms with Gasteiger partial charge in [-0.3, -0.25) is 4.79 Å². The molecule has 0 radical (unpaired) electrons. The molecule has 2 N–H and O–H groups in total. The third-order valence-corrected chi connectivity index (χ3v) is 4.40. The zero-order valence-corrected chi connectivity index (χ0v) is 13.5. The van der Waals surface area contributed by atoms with E-state index in [9.17, 15) is 4.79 Å². The smallest absolute Gasteiger partial charge is 0.224 e. The summed E-state index contributed by atoms with van der Waals surface area (Å²) in [6, 6.07) is 0.277. The van der Waals surface area contributed by atoms with Crippen molar-refractivity contribution < 1.29 is 9.53 Å². The molecule has 2 aliphatic rings. The largest absolute Gasteiger partial charge is 0.378 e. The molecule has 0 aromatic heterocycles. The highest BCUT2D eigenvalue weighted by Gasteiger charge is 2.33. The number of likely N-dealkylation sites (tertiary alicyclic amines) is 1. The number of rotatable bonds is 3. The molecule has 1 amide bonds. The summed E-state index contributed by atoms with van der Waals surface area (Å²) >= 11 is 0. The maximum atomic E-state index is 12.1. The van der Waals surface area contributed by atoms with Crippen LogP contribution in [0, 0.1) is 5.41 Å². The van der Waals surface area contributed by atoms with Crippen molar-refractivity contribution in [2.45, 2.75) is 32.7 Å². The van der Waals surface area contributed by atoms with Gasteiger partial charge in [-0.15, -0.1) is 12.4 Å². The Morgan fingerprint density at radius 1 is 1.30 bits per heavy atom. The van der Waals surface area contributed by atoms with Gasteiger partial charge < -0.3 is 20.3 Å². The number of nitrogens with zero attached hydrogens (tertiary/aromatic N) is 2. The van der Waals surface area contributed by atoms with Crippen molar-refractivity contribution in [3.8, 4) is 0 Å². The van der Waals surface area contributed by atoms with Gasteiger partial charge >= 0.3 is 0 Å². The monoisotopic (exact) mass is 305 g/mol. The van der Waals surface area contributed by atoms with Crippen molar-refractivity contribution in [3.63, 3.8) is 0 Å². The third kappa shape index (κ3) is 4.58. The van der Waals surface area contributed by atoms with E-state index in [2.05, 4.69) is 18.7 Å². The lowest BCUT2D eigenvalue weighted by atomic mass is 9.79. The average molecular weight is 306 g/mol. The topological polar surface area (TPSA) is 58.8 Å². The molecule has 0 saturated carbocycles. The van der Waals surface area contributed by atoms with Gasteiger partial charge in [0.05, 0.1) is 13.2 Å². The van der Waals surface area contributed by atoms with Crippen molar-refractivity contribution in [1.82, 2.24) is 9.80 Å². The number of ether oxygens (including phenoxy) is 1. The molecular weight excluding hydrogens is 278 g/mol. The molecule has 0 bridgehead atoms. The van der Waals surface area contributed by atoms with Gasteiger partial charge in [0.1, 0.15) is 0 Å². The van der Waals surface area contributed by atoms with Crippen molar-refractivity contribution in [2.75, 3.05) is 45.9 Å². The van der Waals surface area contributed by atoms with Crippen molar-refractivity contribution in [1.29, 1.82) is 0 Å². The maximum absolute atomic E-state index is 12.1. The Hall–Kier alpha value is -0.360. The molecule has 0 aliphatic carbocycles. The van der Waals surface area contributed by atoms with E-state index in [1.165, 1.54) is 0 Å². The Kier molecular flexibility index (Phi) is 6.72. The fourth-order valence-electron chi connectivity index (χ4n) is 2.90. The number of piperidine rings is 1. The lowest BCUT2D eigenvalue weighted by Gasteiger charge is -2.42. The second kappa shape index (κ2) is 7.59. The highest BCUT2D eigenvalue weighted by Crippen LogP contribution is 2.27. The van der Waals surface area contributed by atoms with Crippen molar-refractivity contribution >= 4 is 18.3 Å². The highest BCUT2D eigenvalue weighted by atomic mass is 35.5. The lowest BCUT2D eigenvalue weighted by Crippen LogP contribution is -2.53. The van der Waals surface area contributed by atoms with Crippen LogP contribution in [0.2, 0.25) is 0 Å². The number of carbonyl (C=O) groups excluding carboxylic acids is 1. The Labute approximate surface area is 128 Å².